The van der Waals surface area contributed by atoms with Gasteiger partial charge < -0.3 is 19.5 Å². The fraction of sp³-hybridized carbons (Fsp3) is 0.267. The molecule has 1 aliphatic heterocycles. The molecule has 0 aromatic heterocycles. The van der Waals surface area contributed by atoms with Crippen LogP contribution in [0.5, 0.6) is 11.5 Å². The van der Waals surface area contributed by atoms with Crippen LogP contribution in [-0.4, -0.2) is 61.0 Å². The van der Waals surface area contributed by atoms with Gasteiger partial charge in [0.25, 0.3) is 0 Å². The van der Waals surface area contributed by atoms with Crippen LogP contribution in [0.3, 0.4) is 0 Å². The minimum absolute atomic E-state index is 0.0132. The molecule has 1 saturated heterocycles. The predicted molar refractivity (Wildman–Crippen MR) is 156 cm³/mol. The van der Waals surface area contributed by atoms with Gasteiger partial charge in [-0.3, -0.25) is 14.5 Å². The third-order valence-electron chi connectivity index (χ3n) is 6.48. The number of esters is 1. The molecule has 1 N–H and O–H groups in total. The number of ether oxygens (including phenoxy) is 3. The number of amidine groups is 1. The Labute approximate surface area is 250 Å². The number of carbonyl (C=O) groups is 3. The van der Waals surface area contributed by atoms with E-state index in [0.717, 1.165) is 29.5 Å². The van der Waals surface area contributed by atoms with E-state index in [1.54, 1.807) is 12.1 Å². The Kier molecular flexibility index (Phi) is 9.96. The number of nitrogens with zero attached hydrogens (tertiary/aromatic N) is 2. The summed E-state index contributed by atoms with van der Waals surface area (Å²) >= 11 is 0.982. The van der Waals surface area contributed by atoms with Crippen LogP contribution >= 0.6 is 11.8 Å². The van der Waals surface area contributed by atoms with E-state index in [0.29, 0.717) is 29.2 Å². The van der Waals surface area contributed by atoms with Crippen molar-refractivity contribution in [1.29, 1.82) is 0 Å². The largest absolute Gasteiger partial charge is 0.493 e. The number of halogens is 3. The first kappa shape index (κ1) is 31.4. The molecule has 0 spiro atoms. The van der Waals surface area contributed by atoms with Crippen molar-refractivity contribution in [3.05, 3.63) is 83.4 Å². The maximum absolute atomic E-state index is 13.4. The SMILES string of the molecule is COC(=O)c1ccc(NC(=O)C2CC(=O)N(CCc3ccc(OC)c(OC)c3)C(=Nc3cccc(C(F)(F)F)c3)S2)cc1. The van der Waals surface area contributed by atoms with E-state index in [2.05, 4.69) is 15.0 Å². The highest BCUT2D eigenvalue weighted by atomic mass is 32.2. The van der Waals surface area contributed by atoms with Crippen LogP contribution in [0.15, 0.2) is 71.7 Å². The maximum atomic E-state index is 13.4. The number of amides is 2. The standard InChI is InChI=1S/C30H28F3N3O6S/c1-40-23-12-7-18(15-24(23)41-2)13-14-36-26(37)17-25(27(38)34-21-10-8-19(9-11-21)28(39)42-3)43-29(36)35-22-6-4-5-20(16-22)30(31,32)33/h4-12,15-16,25H,13-14,17H2,1-3H3,(H,34,38). The molecule has 1 fully saturated rings. The average molecular weight is 616 g/mol. The molecule has 1 unspecified atom stereocenters. The summed E-state index contributed by atoms with van der Waals surface area (Å²) in [5.74, 6) is -0.397. The number of benzene rings is 3. The second-order valence-corrected chi connectivity index (χ2v) is 10.5. The van der Waals surface area contributed by atoms with Gasteiger partial charge in [-0.1, -0.05) is 23.9 Å². The summed E-state index contributed by atoms with van der Waals surface area (Å²) in [4.78, 5) is 44.0. The van der Waals surface area contributed by atoms with Gasteiger partial charge in [-0.25, -0.2) is 9.79 Å². The number of thioether (sulfide) groups is 1. The summed E-state index contributed by atoms with van der Waals surface area (Å²) in [5.41, 5.74) is 0.606. The van der Waals surface area contributed by atoms with Gasteiger partial charge in [-0.15, -0.1) is 0 Å². The van der Waals surface area contributed by atoms with Gasteiger partial charge in [0.1, 0.15) is 5.25 Å². The first-order valence-corrected chi connectivity index (χ1v) is 13.8. The number of carbonyl (C=O) groups excluding carboxylic acids is 3. The van der Waals surface area contributed by atoms with Gasteiger partial charge in [0.2, 0.25) is 11.8 Å². The quantitative estimate of drug-likeness (QED) is 0.307. The molecule has 226 valence electrons. The van der Waals surface area contributed by atoms with Crippen molar-refractivity contribution in [2.75, 3.05) is 33.2 Å². The zero-order valence-electron chi connectivity index (χ0n) is 23.4. The van der Waals surface area contributed by atoms with Gasteiger partial charge in [0.15, 0.2) is 16.7 Å². The maximum Gasteiger partial charge on any atom is 0.416 e. The van der Waals surface area contributed by atoms with E-state index in [1.807, 2.05) is 6.07 Å². The van der Waals surface area contributed by atoms with E-state index < -0.39 is 34.8 Å². The smallest absolute Gasteiger partial charge is 0.416 e. The molecule has 1 atom stereocenters. The van der Waals surface area contributed by atoms with E-state index in [9.17, 15) is 27.6 Å². The Morgan fingerprint density at radius 1 is 1.00 bits per heavy atom. The highest BCUT2D eigenvalue weighted by Gasteiger charge is 2.36. The zero-order chi connectivity index (χ0) is 31.1. The summed E-state index contributed by atoms with van der Waals surface area (Å²) in [6.45, 7) is 0.155. The average Bonchev–Trinajstić information content (AvgIpc) is 3.00. The lowest BCUT2D eigenvalue weighted by Gasteiger charge is -2.32. The normalized spacial score (nSPS) is 16.1. The van der Waals surface area contributed by atoms with E-state index in [-0.39, 0.29) is 23.8 Å². The molecule has 1 heterocycles. The minimum Gasteiger partial charge on any atom is -0.493 e. The van der Waals surface area contributed by atoms with Crippen molar-refractivity contribution in [3.8, 4) is 11.5 Å². The number of anilines is 1. The summed E-state index contributed by atoms with van der Waals surface area (Å²) in [5, 5.41) is 1.90. The van der Waals surface area contributed by atoms with Crippen molar-refractivity contribution >= 4 is 46.1 Å². The molecule has 4 rings (SSSR count). The molecule has 9 nitrogen and oxygen atoms in total. The van der Waals surface area contributed by atoms with Crippen LogP contribution in [0.2, 0.25) is 0 Å². The number of hydrogen-bond acceptors (Lipinski definition) is 8. The van der Waals surface area contributed by atoms with Gasteiger partial charge in [0, 0.05) is 18.7 Å². The van der Waals surface area contributed by atoms with Gasteiger partial charge >= 0.3 is 12.1 Å². The first-order chi connectivity index (χ1) is 20.5. The van der Waals surface area contributed by atoms with Crippen molar-refractivity contribution in [2.45, 2.75) is 24.3 Å². The second kappa shape index (κ2) is 13.6. The molecule has 1 aliphatic rings. The third-order valence-corrected chi connectivity index (χ3v) is 7.66. The number of rotatable bonds is 9. The van der Waals surface area contributed by atoms with E-state index in [1.165, 1.54) is 62.6 Å². The first-order valence-electron chi connectivity index (χ1n) is 13.0. The lowest BCUT2D eigenvalue weighted by atomic mass is 10.1. The molecule has 2 amide bonds. The Morgan fingerprint density at radius 3 is 2.37 bits per heavy atom. The second-order valence-electron chi connectivity index (χ2n) is 9.30. The highest BCUT2D eigenvalue weighted by Crippen LogP contribution is 2.34. The molecular formula is C30H28F3N3O6S. The lowest BCUT2D eigenvalue weighted by molar-refractivity contribution is -0.137. The van der Waals surface area contributed by atoms with E-state index >= 15 is 0 Å². The van der Waals surface area contributed by atoms with Crippen LogP contribution in [0.25, 0.3) is 0 Å². The molecule has 0 saturated carbocycles. The lowest BCUT2D eigenvalue weighted by Crippen LogP contribution is -2.46. The molecule has 0 radical (unpaired) electrons. The van der Waals surface area contributed by atoms with Gasteiger partial charge in [-0.2, -0.15) is 13.2 Å². The van der Waals surface area contributed by atoms with Crippen molar-refractivity contribution in [1.82, 2.24) is 4.90 Å². The zero-order valence-corrected chi connectivity index (χ0v) is 24.3. The van der Waals surface area contributed by atoms with Crippen LogP contribution in [0.1, 0.15) is 27.9 Å². The Hall–Kier alpha value is -4.52. The Bertz CT molecular complexity index is 1530. The number of methoxy groups -OCH3 is 3. The summed E-state index contributed by atoms with van der Waals surface area (Å²) in [7, 11) is 4.28. The van der Waals surface area contributed by atoms with Gasteiger partial charge in [-0.05, 0) is 66.6 Å². The predicted octanol–water partition coefficient (Wildman–Crippen LogP) is 5.71. The van der Waals surface area contributed by atoms with Crippen molar-refractivity contribution in [2.24, 2.45) is 4.99 Å². The molecular weight excluding hydrogens is 587 g/mol. The molecule has 43 heavy (non-hydrogen) atoms. The van der Waals surface area contributed by atoms with Crippen LogP contribution in [0, 0.1) is 0 Å². The van der Waals surface area contributed by atoms with E-state index in [4.69, 9.17) is 9.47 Å². The number of nitrogens with one attached hydrogen (secondary N) is 1. The molecule has 0 bridgehead atoms. The topological polar surface area (TPSA) is 107 Å². The number of hydrogen-bond donors (Lipinski definition) is 1. The molecule has 3 aromatic rings. The van der Waals surface area contributed by atoms with Crippen molar-refractivity contribution in [3.63, 3.8) is 0 Å². The fourth-order valence-electron chi connectivity index (χ4n) is 4.23. The minimum atomic E-state index is -4.58. The Balaban J connectivity index is 1.58. The Morgan fingerprint density at radius 2 is 1.72 bits per heavy atom. The third kappa shape index (κ3) is 7.86. The van der Waals surface area contributed by atoms with Crippen LogP contribution < -0.4 is 14.8 Å². The monoisotopic (exact) mass is 615 g/mol. The summed E-state index contributed by atoms with van der Waals surface area (Å²) in [6.07, 6.45) is -4.37. The fourth-order valence-corrected chi connectivity index (χ4v) is 5.36. The molecule has 3 aromatic carbocycles. The number of aliphatic imine (C=N–C) groups is 1. The molecule has 13 heteroatoms. The molecule has 0 aliphatic carbocycles. The van der Waals surface area contributed by atoms with Crippen LogP contribution in [-0.2, 0) is 26.9 Å². The van der Waals surface area contributed by atoms with Crippen molar-refractivity contribution < 1.29 is 41.8 Å². The highest BCUT2D eigenvalue weighted by molar-refractivity contribution is 8.15. The van der Waals surface area contributed by atoms with Crippen LogP contribution in [0.4, 0.5) is 24.5 Å². The number of alkyl halides is 3. The summed E-state index contributed by atoms with van der Waals surface area (Å²) in [6, 6.07) is 15.8. The van der Waals surface area contributed by atoms with Gasteiger partial charge in [0.05, 0.1) is 38.1 Å². The summed E-state index contributed by atoms with van der Waals surface area (Å²) < 4.78 is 55.4.